The van der Waals surface area contributed by atoms with Crippen LogP contribution in [-0.2, 0) is 0 Å². The van der Waals surface area contributed by atoms with Crippen molar-refractivity contribution in [2.24, 2.45) is 0 Å². The van der Waals surface area contributed by atoms with Crippen LogP contribution < -0.4 is 10.5 Å². The predicted octanol–water partition coefficient (Wildman–Crippen LogP) is 1.86. The normalized spacial score (nSPS) is 10.1. The van der Waals surface area contributed by atoms with Crippen LogP contribution in [-0.4, -0.2) is 16.2 Å². The molecule has 0 unspecified atom stereocenters. The lowest BCUT2D eigenvalue weighted by molar-refractivity contribution is 0.321. The minimum Gasteiger partial charge on any atom is -0.491 e. The maximum absolute atomic E-state index is 13.5. The fourth-order valence-electron chi connectivity index (χ4n) is 1.61. The van der Waals surface area contributed by atoms with E-state index in [9.17, 15) is 4.39 Å². The number of anilines is 1. The van der Waals surface area contributed by atoms with Gasteiger partial charge in [0, 0.05) is 24.5 Å². The lowest BCUT2D eigenvalue weighted by atomic mass is 10.2. The van der Waals surface area contributed by atoms with Gasteiger partial charge in [-0.1, -0.05) is 0 Å². The van der Waals surface area contributed by atoms with Crippen LogP contribution in [0, 0.1) is 17.1 Å². The number of nitrogens with zero attached hydrogens (tertiary/aromatic N) is 3. The summed E-state index contributed by atoms with van der Waals surface area (Å²) in [5, 5.41) is 8.91. The Morgan fingerprint density at radius 1 is 1.56 bits per heavy atom. The van der Waals surface area contributed by atoms with Crippen LogP contribution in [0.5, 0.6) is 5.75 Å². The van der Waals surface area contributed by atoms with Crippen molar-refractivity contribution in [2.45, 2.75) is 6.92 Å². The first-order valence-electron chi connectivity index (χ1n) is 5.33. The highest BCUT2D eigenvalue weighted by atomic mass is 19.1. The van der Waals surface area contributed by atoms with Gasteiger partial charge in [-0.3, -0.25) is 4.57 Å². The van der Waals surface area contributed by atoms with Gasteiger partial charge in [-0.2, -0.15) is 5.26 Å². The molecule has 2 rings (SSSR count). The van der Waals surface area contributed by atoms with Crippen molar-refractivity contribution in [3.05, 3.63) is 36.2 Å². The van der Waals surface area contributed by atoms with Gasteiger partial charge >= 0.3 is 0 Å². The Morgan fingerprint density at radius 3 is 3.00 bits per heavy atom. The minimum absolute atomic E-state index is 0.0966. The number of ether oxygens (including phenoxy) is 1. The second-order valence-electron chi connectivity index (χ2n) is 3.51. The van der Waals surface area contributed by atoms with Gasteiger partial charge < -0.3 is 10.5 Å². The van der Waals surface area contributed by atoms with Crippen LogP contribution in [0.2, 0.25) is 0 Å². The van der Waals surface area contributed by atoms with Crippen LogP contribution in [0.4, 0.5) is 10.1 Å². The van der Waals surface area contributed by atoms with Crippen LogP contribution in [0.1, 0.15) is 12.7 Å². The molecule has 2 aromatic rings. The van der Waals surface area contributed by atoms with Gasteiger partial charge in [0.2, 0.25) is 5.82 Å². The quantitative estimate of drug-likeness (QED) is 0.838. The van der Waals surface area contributed by atoms with Gasteiger partial charge in [-0.25, -0.2) is 9.37 Å². The second-order valence-corrected chi connectivity index (χ2v) is 3.51. The monoisotopic (exact) mass is 246 g/mol. The van der Waals surface area contributed by atoms with E-state index in [4.69, 9.17) is 15.7 Å². The summed E-state index contributed by atoms with van der Waals surface area (Å²) in [6.07, 6.45) is 3.06. The Hall–Kier alpha value is -2.55. The lowest BCUT2D eigenvalue weighted by Crippen LogP contribution is -2.04. The summed E-state index contributed by atoms with van der Waals surface area (Å²) in [5.74, 6) is -0.258. The summed E-state index contributed by atoms with van der Waals surface area (Å²) >= 11 is 0. The average molecular weight is 246 g/mol. The molecule has 92 valence electrons. The van der Waals surface area contributed by atoms with Gasteiger partial charge in [0.05, 0.1) is 18.0 Å². The van der Waals surface area contributed by atoms with E-state index in [1.54, 1.807) is 13.1 Å². The number of hydrogen-bond donors (Lipinski definition) is 1. The molecule has 6 heteroatoms. The molecule has 0 bridgehead atoms. The van der Waals surface area contributed by atoms with Crippen molar-refractivity contribution in [1.29, 1.82) is 5.26 Å². The van der Waals surface area contributed by atoms with Crippen LogP contribution in [0.3, 0.4) is 0 Å². The van der Waals surface area contributed by atoms with E-state index in [0.717, 1.165) is 0 Å². The fraction of sp³-hybridized carbons (Fsp3) is 0.167. The molecular weight excluding hydrogens is 235 g/mol. The number of nitrogens with two attached hydrogens (primary N) is 1. The molecule has 18 heavy (non-hydrogen) atoms. The summed E-state index contributed by atoms with van der Waals surface area (Å²) in [6, 6.07) is 4.55. The Labute approximate surface area is 103 Å². The SMILES string of the molecule is CCOc1cc(-n2ccnc2C#N)c(N)cc1F. The third-order valence-electron chi connectivity index (χ3n) is 2.38. The number of hydrogen-bond acceptors (Lipinski definition) is 4. The minimum atomic E-state index is -0.531. The highest BCUT2D eigenvalue weighted by molar-refractivity contribution is 5.62. The van der Waals surface area contributed by atoms with Crippen molar-refractivity contribution >= 4 is 5.69 Å². The largest absolute Gasteiger partial charge is 0.491 e. The molecule has 1 aromatic heterocycles. The van der Waals surface area contributed by atoms with E-state index >= 15 is 0 Å². The smallest absolute Gasteiger partial charge is 0.217 e. The van der Waals surface area contributed by atoms with Gasteiger partial charge in [0.15, 0.2) is 11.6 Å². The summed E-state index contributed by atoms with van der Waals surface area (Å²) in [6.45, 7) is 2.10. The zero-order chi connectivity index (χ0) is 13.1. The molecular formula is C12H11FN4O. The zero-order valence-electron chi connectivity index (χ0n) is 9.72. The van der Waals surface area contributed by atoms with Crippen molar-refractivity contribution < 1.29 is 9.13 Å². The van der Waals surface area contributed by atoms with Crippen molar-refractivity contribution in [1.82, 2.24) is 9.55 Å². The first-order valence-corrected chi connectivity index (χ1v) is 5.33. The van der Waals surface area contributed by atoms with Crippen LogP contribution in [0.25, 0.3) is 5.69 Å². The molecule has 0 amide bonds. The Balaban J connectivity index is 2.58. The molecule has 0 aliphatic carbocycles. The lowest BCUT2D eigenvalue weighted by Gasteiger charge is -2.11. The Bertz CT molecular complexity index is 615. The van der Waals surface area contributed by atoms with Crippen molar-refractivity contribution in [3.8, 4) is 17.5 Å². The molecule has 0 saturated heterocycles. The van der Waals surface area contributed by atoms with E-state index < -0.39 is 5.82 Å². The second kappa shape index (κ2) is 4.75. The molecule has 5 nitrogen and oxygen atoms in total. The topological polar surface area (TPSA) is 76.9 Å². The van der Waals surface area contributed by atoms with E-state index in [-0.39, 0.29) is 17.3 Å². The number of aromatic nitrogens is 2. The van der Waals surface area contributed by atoms with Gasteiger partial charge in [0.1, 0.15) is 6.07 Å². The molecule has 0 aliphatic heterocycles. The Kier molecular flexibility index (Phi) is 3.15. The zero-order valence-corrected chi connectivity index (χ0v) is 9.72. The first-order chi connectivity index (χ1) is 8.67. The van der Waals surface area contributed by atoms with Crippen LogP contribution >= 0.6 is 0 Å². The molecule has 1 aromatic carbocycles. The molecule has 2 N–H and O–H groups in total. The molecule has 1 heterocycles. The molecule has 0 fully saturated rings. The summed E-state index contributed by atoms with van der Waals surface area (Å²) in [5.41, 5.74) is 6.43. The van der Waals surface area contributed by atoms with E-state index in [2.05, 4.69) is 4.98 Å². The number of rotatable bonds is 3. The van der Waals surface area contributed by atoms with E-state index in [0.29, 0.717) is 12.3 Å². The average Bonchev–Trinajstić information content (AvgIpc) is 2.80. The highest BCUT2D eigenvalue weighted by Gasteiger charge is 2.12. The maximum Gasteiger partial charge on any atom is 0.217 e. The molecule has 0 spiro atoms. The standard InChI is InChI=1S/C12H11FN4O/c1-2-18-11-6-10(9(15)5-8(11)13)17-4-3-16-12(17)7-14/h3-6H,2,15H2,1H3. The summed E-state index contributed by atoms with van der Waals surface area (Å²) in [4.78, 5) is 3.86. The van der Waals surface area contributed by atoms with E-state index in [1.807, 2.05) is 6.07 Å². The van der Waals surface area contributed by atoms with Crippen molar-refractivity contribution in [3.63, 3.8) is 0 Å². The summed E-state index contributed by atoms with van der Waals surface area (Å²) < 4.78 is 20.2. The third-order valence-corrected chi connectivity index (χ3v) is 2.38. The van der Waals surface area contributed by atoms with Gasteiger partial charge in [-0.15, -0.1) is 0 Å². The van der Waals surface area contributed by atoms with Gasteiger partial charge in [0.25, 0.3) is 0 Å². The van der Waals surface area contributed by atoms with E-state index in [1.165, 1.54) is 22.9 Å². The van der Waals surface area contributed by atoms with Crippen LogP contribution in [0.15, 0.2) is 24.5 Å². The number of benzene rings is 1. The maximum atomic E-state index is 13.5. The highest BCUT2D eigenvalue weighted by Crippen LogP contribution is 2.27. The van der Waals surface area contributed by atoms with Gasteiger partial charge in [-0.05, 0) is 6.92 Å². The molecule has 0 aliphatic rings. The fourth-order valence-corrected chi connectivity index (χ4v) is 1.61. The predicted molar refractivity (Wildman–Crippen MR) is 63.8 cm³/mol. The summed E-state index contributed by atoms with van der Waals surface area (Å²) in [7, 11) is 0. The third kappa shape index (κ3) is 1.98. The number of imidazole rings is 1. The Morgan fingerprint density at radius 2 is 2.33 bits per heavy atom. The van der Waals surface area contributed by atoms with Crippen molar-refractivity contribution in [2.75, 3.05) is 12.3 Å². The molecule has 0 atom stereocenters. The number of halogens is 1. The molecule has 0 radical (unpaired) electrons. The molecule has 0 saturated carbocycles. The number of nitrogen functional groups attached to an aromatic ring is 1. The number of nitriles is 1. The first kappa shape index (κ1) is 11.9.